The molecular weight excluding hydrogens is 300 g/mol. The van der Waals surface area contributed by atoms with Crippen molar-refractivity contribution in [2.75, 3.05) is 11.9 Å². The van der Waals surface area contributed by atoms with Crippen LogP contribution in [0, 0.1) is 0 Å². The van der Waals surface area contributed by atoms with Gasteiger partial charge in [0.2, 0.25) is 0 Å². The van der Waals surface area contributed by atoms with Crippen molar-refractivity contribution in [3.63, 3.8) is 0 Å². The lowest BCUT2D eigenvalue weighted by molar-refractivity contribution is -0.929. The first-order chi connectivity index (χ1) is 11.5. The number of hydrogen-bond donors (Lipinski definition) is 2. The van der Waals surface area contributed by atoms with Crippen LogP contribution in [0.5, 0.6) is 0 Å². The summed E-state index contributed by atoms with van der Waals surface area (Å²) >= 11 is 0. The van der Waals surface area contributed by atoms with Gasteiger partial charge in [0.15, 0.2) is 11.8 Å². The highest BCUT2D eigenvalue weighted by Crippen LogP contribution is 2.13. The van der Waals surface area contributed by atoms with Gasteiger partial charge in [-0.3, -0.25) is 9.59 Å². The predicted molar refractivity (Wildman–Crippen MR) is 94.2 cm³/mol. The first-order valence-corrected chi connectivity index (χ1v) is 8.38. The molecule has 0 saturated heterocycles. The van der Waals surface area contributed by atoms with E-state index in [1.165, 1.54) is 23.0 Å². The molecule has 0 aliphatic carbocycles. The number of Topliss-reactive ketones (excluding diaryl/α,β-unsaturated/α-hetero) is 1. The van der Waals surface area contributed by atoms with E-state index in [0.29, 0.717) is 11.3 Å². The van der Waals surface area contributed by atoms with Gasteiger partial charge in [0.1, 0.15) is 6.54 Å². The van der Waals surface area contributed by atoms with E-state index in [1.54, 1.807) is 18.2 Å². The van der Waals surface area contributed by atoms with Crippen molar-refractivity contribution in [2.45, 2.75) is 32.9 Å². The maximum atomic E-state index is 12.6. The zero-order chi connectivity index (χ0) is 17.1. The van der Waals surface area contributed by atoms with Crippen molar-refractivity contribution >= 4 is 17.4 Å². The van der Waals surface area contributed by atoms with Crippen LogP contribution in [-0.4, -0.2) is 24.3 Å². The Morgan fingerprint density at radius 3 is 2.58 bits per heavy atom. The van der Waals surface area contributed by atoms with Crippen LogP contribution in [0.2, 0.25) is 0 Å². The molecule has 2 aromatic carbocycles. The van der Waals surface area contributed by atoms with Crippen molar-refractivity contribution in [3.8, 4) is 0 Å². The minimum absolute atomic E-state index is 0.00240. The molecule has 0 spiro atoms. The summed E-state index contributed by atoms with van der Waals surface area (Å²) < 4.78 is 0. The Morgan fingerprint density at radius 1 is 1.08 bits per heavy atom. The van der Waals surface area contributed by atoms with Crippen LogP contribution in [0.3, 0.4) is 0 Å². The Kier molecular flexibility index (Phi) is 4.76. The molecule has 2 N–H and O–H groups in total. The second-order valence-corrected chi connectivity index (χ2v) is 6.45. The average molecular weight is 323 g/mol. The van der Waals surface area contributed by atoms with Crippen molar-refractivity contribution in [1.82, 2.24) is 0 Å². The molecule has 4 heteroatoms. The monoisotopic (exact) mass is 323 g/mol. The first-order valence-electron chi connectivity index (χ1n) is 8.38. The molecule has 1 heterocycles. The van der Waals surface area contributed by atoms with E-state index in [2.05, 4.69) is 29.6 Å². The zero-order valence-corrected chi connectivity index (χ0v) is 14.1. The molecule has 1 aliphatic rings. The Bertz CT molecular complexity index is 770. The molecule has 1 amide bonds. The van der Waals surface area contributed by atoms with Crippen molar-refractivity contribution < 1.29 is 14.5 Å². The minimum atomic E-state index is -0.139. The fraction of sp³-hybridized carbons (Fsp3) is 0.300. The number of hydrogen-bond acceptors (Lipinski definition) is 2. The standard InChI is InChI=1S/C20H22N2O2/c1-14(22-11-10-16-6-3-4-7-18(16)13-22)20(24)21-19-9-5-8-17(12-19)15(2)23/h3-9,12,14H,10-11,13H2,1-2H3,(H,21,24)/p+1/t14-/m1/s1. The summed E-state index contributed by atoms with van der Waals surface area (Å²) in [6, 6.07) is 15.4. The summed E-state index contributed by atoms with van der Waals surface area (Å²) in [6.07, 6.45) is 1.00. The van der Waals surface area contributed by atoms with Crippen molar-refractivity contribution in [1.29, 1.82) is 0 Å². The van der Waals surface area contributed by atoms with E-state index >= 15 is 0 Å². The number of nitrogens with one attached hydrogen (secondary N) is 2. The van der Waals surface area contributed by atoms with E-state index < -0.39 is 0 Å². The van der Waals surface area contributed by atoms with Gasteiger partial charge < -0.3 is 10.2 Å². The van der Waals surface area contributed by atoms with Gasteiger partial charge in [-0.15, -0.1) is 0 Å². The summed E-state index contributed by atoms with van der Waals surface area (Å²) in [5.41, 5.74) is 4.01. The van der Waals surface area contributed by atoms with Gasteiger partial charge in [-0.1, -0.05) is 36.4 Å². The molecule has 0 radical (unpaired) electrons. The normalized spacial score (nSPS) is 17.7. The fourth-order valence-electron chi connectivity index (χ4n) is 3.22. The smallest absolute Gasteiger partial charge is 0.282 e. The predicted octanol–water partition coefficient (Wildman–Crippen LogP) is 1.86. The largest absolute Gasteiger partial charge is 0.321 e. The number of carbonyl (C=O) groups is 2. The van der Waals surface area contributed by atoms with Crippen LogP contribution in [0.4, 0.5) is 5.69 Å². The van der Waals surface area contributed by atoms with Crippen LogP contribution in [0.1, 0.15) is 35.3 Å². The molecule has 4 nitrogen and oxygen atoms in total. The molecule has 1 unspecified atom stereocenters. The van der Waals surface area contributed by atoms with Crippen molar-refractivity contribution in [2.24, 2.45) is 0 Å². The molecule has 0 bridgehead atoms. The second kappa shape index (κ2) is 6.97. The Hall–Kier alpha value is -2.46. The van der Waals surface area contributed by atoms with E-state index in [9.17, 15) is 9.59 Å². The number of amides is 1. The van der Waals surface area contributed by atoms with E-state index in [0.717, 1.165) is 19.5 Å². The minimum Gasteiger partial charge on any atom is -0.321 e. The molecule has 0 fully saturated rings. The Labute approximate surface area is 142 Å². The third-order valence-electron chi connectivity index (χ3n) is 4.79. The lowest BCUT2D eigenvalue weighted by atomic mass is 9.98. The van der Waals surface area contributed by atoms with Crippen LogP contribution in [-0.2, 0) is 17.8 Å². The maximum absolute atomic E-state index is 12.6. The van der Waals surface area contributed by atoms with Gasteiger partial charge in [0.05, 0.1) is 6.54 Å². The van der Waals surface area contributed by atoms with Crippen molar-refractivity contribution in [3.05, 3.63) is 65.2 Å². The van der Waals surface area contributed by atoms with Crippen LogP contribution < -0.4 is 10.2 Å². The summed E-state index contributed by atoms with van der Waals surface area (Å²) in [6.45, 7) is 5.32. The van der Waals surface area contributed by atoms with Gasteiger partial charge in [0.25, 0.3) is 5.91 Å². The third-order valence-corrected chi connectivity index (χ3v) is 4.79. The number of rotatable bonds is 4. The summed E-state index contributed by atoms with van der Waals surface area (Å²) in [7, 11) is 0. The number of quaternary nitrogens is 1. The van der Waals surface area contributed by atoms with Gasteiger partial charge in [0, 0.05) is 23.2 Å². The number of carbonyl (C=O) groups excluding carboxylic acids is 2. The fourth-order valence-corrected chi connectivity index (χ4v) is 3.22. The molecule has 0 saturated carbocycles. The summed E-state index contributed by atoms with van der Waals surface area (Å²) in [4.78, 5) is 25.3. The average Bonchev–Trinajstić information content (AvgIpc) is 2.60. The highest BCUT2D eigenvalue weighted by molar-refractivity contribution is 5.97. The van der Waals surface area contributed by atoms with Crippen LogP contribution in [0.25, 0.3) is 0 Å². The molecule has 124 valence electrons. The number of benzene rings is 2. The highest BCUT2D eigenvalue weighted by atomic mass is 16.2. The molecule has 3 rings (SSSR count). The topological polar surface area (TPSA) is 50.6 Å². The van der Waals surface area contributed by atoms with E-state index in [1.807, 2.05) is 13.0 Å². The molecule has 2 aromatic rings. The van der Waals surface area contributed by atoms with E-state index in [-0.39, 0.29) is 17.7 Å². The van der Waals surface area contributed by atoms with Gasteiger partial charge in [-0.2, -0.15) is 0 Å². The quantitative estimate of drug-likeness (QED) is 0.844. The molecule has 1 aliphatic heterocycles. The third kappa shape index (κ3) is 3.54. The van der Waals surface area contributed by atoms with Gasteiger partial charge >= 0.3 is 0 Å². The van der Waals surface area contributed by atoms with E-state index in [4.69, 9.17) is 0 Å². The molecule has 2 atom stereocenters. The highest BCUT2D eigenvalue weighted by Gasteiger charge is 2.28. The van der Waals surface area contributed by atoms with Crippen LogP contribution >= 0.6 is 0 Å². The summed E-state index contributed by atoms with van der Waals surface area (Å²) in [5.74, 6) is -0.0116. The van der Waals surface area contributed by atoms with Gasteiger partial charge in [-0.05, 0) is 31.5 Å². The number of anilines is 1. The lowest BCUT2D eigenvalue weighted by Crippen LogP contribution is -3.16. The molecule has 0 aromatic heterocycles. The van der Waals surface area contributed by atoms with Crippen LogP contribution in [0.15, 0.2) is 48.5 Å². The summed E-state index contributed by atoms with van der Waals surface area (Å²) in [5, 5.41) is 2.95. The number of ketones is 1. The first kappa shape index (κ1) is 16.4. The zero-order valence-electron chi connectivity index (χ0n) is 14.1. The second-order valence-electron chi connectivity index (χ2n) is 6.45. The molecule has 24 heavy (non-hydrogen) atoms. The SMILES string of the molecule is CC(=O)c1cccc(NC(=O)[C@@H](C)[NH+]2CCc3ccccc3C2)c1. The molecular formula is C20H23N2O2+. The van der Waals surface area contributed by atoms with Gasteiger partial charge in [-0.25, -0.2) is 0 Å². The lowest BCUT2D eigenvalue weighted by Gasteiger charge is -2.30. The Balaban J connectivity index is 1.67. The number of fused-ring (bicyclic) bond motifs is 1. The Morgan fingerprint density at radius 2 is 1.83 bits per heavy atom. The maximum Gasteiger partial charge on any atom is 0.282 e.